The van der Waals surface area contributed by atoms with Crippen LogP contribution in [-0.2, 0) is 4.74 Å². The Morgan fingerprint density at radius 2 is 2.06 bits per heavy atom. The van der Waals surface area contributed by atoms with Crippen molar-refractivity contribution in [3.05, 3.63) is 32.6 Å². The number of nitrogens with zero attached hydrogens (tertiary/aromatic N) is 1. The summed E-state index contributed by atoms with van der Waals surface area (Å²) in [7, 11) is 0. The molecular weight excluding hydrogens is 246 g/mol. The normalized spacial score (nSPS) is 31.7. The Labute approximate surface area is 100 Å². The highest BCUT2D eigenvalue weighted by Crippen LogP contribution is 2.31. The van der Waals surface area contributed by atoms with E-state index in [4.69, 9.17) is 15.7 Å². The zero-order valence-electron chi connectivity index (χ0n) is 9.18. The van der Waals surface area contributed by atoms with Crippen LogP contribution in [0.1, 0.15) is 11.7 Å². The number of nitrogen functional groups attached to an aromatic ring is 1. The minimum Gasteiger partial charge on any atom is -0.394 e. The molecule has 100 valence electrons. The Bertz CT molecular complexity index is 552. The molecule has 0 unspecified atom stereocenters. The predicted octanol–water partition coefficient (Wildman–Crippen LogP) is -3.60. The molecule has 1 aromatic rings. The van der Waals surface area contributed by atoms with Crippen molar-refractivity contribution in [2.24, 2.45) is 0 Å². The van der Waals surface area contributed by atoms with Crippen molar-refractivity contribution >= 4 is 0 Å². The molecule has 1 aromatic heterocycles. The maximum atomic E-state index is 11.7. The largest absolute Gasteiger partial charge is 0.394 e. The number of hydrogen-bond acceptors (Lipinski definition) is 7. The van der Waals surface area contributed by atoms with Crippen molar-refractivity contribution in [1.82, 2.24) is 9.66 Å². The minimum atomic E-state index is -1.39. The molecule has 1 fully saturated rings. The summed E-state index contributed by atoms with van der Waals surface area (Å²) in [6.45, 7) is -0.505. The van der Waals surface area contributed by atoms with Crippen molar-refractivity contribution in [1.29, 1.82) is 0 Å². The first-order valence-corrected chi connectivity index (χ1v) is 5.19. The fourth-order valence-electron chi connectivity index (χ4n) is 1.86. The molecule has 2 heterocycles. The summed E-state index contributed by atoms with van der Waals surface area (Å²) in [5, 5.41) is 28.2. The van der Waals surface area contributed by atoms with Crippen LogP contribution in [-0.4, -0.2) is 49.9 Å². The number of rotatable bonds is 2. The van der Waals surface area contributed by atoms with Gasteiger partial charge in [-0.2, -0.15) is 4.68 Å². The molecule has 9 nitrogen and oxygen atoms in total. The van der Waals surface area contributed by atoms with Gasteiger partial charge in [-0.25, -0.2) is 4.79 Å². The number of aliphatic hydroxyl groups excluding tert-OH is 3. The summed E-state index contributed by atoms with van der Waals surface area (Å²) >= 11 is 0. The van der Waals surface area contributed by atoms with E-state index in [0.717, 1.165) is 6.20 Å². The number of aromatic nitrogens is 2. The van der Waals surface area contributed by atoms with E-state index in [1.54, 1.807) is 0 Å². The Hall–Kier alpha value is -1.68. The standard InChI is InChI=1S/C9H13N3O6/c10-12-8(16)3(1-11-9(12)17)7-6(15)5(14)4(2-13)18-7/h1,4-7,13-15H,2,10H2,(H,11,17)/t4-,5-,6-,7+/m1/s1. The summed E-state index contributed by atoms with van der Waals surface area (Å²) in [5.41, 5.74) is -1.75. The molecule has 1 saturated heterocycles. The van der Waals surface area contributed by atoms with E-state index >= 15 is 0 Å². The highest BCUT2D eigenvalue weighted by atomic mass is 16.6. The number of aromatic amines is 1. The highest BCUT2D eigenvalue weighted by molar-refractivity contribution is 5.14. The van der Waals surface area contributed by atoms with Gasteiger partial charge < -0.3 is 30.9 Å². The van der Waals surface area contributed by atoms with Crippen LogP contribution in [0.5, 0.6) is 0 Å². The van der Waals surface area contributed by atoms with Crippen LogP contribution in [0.25, 0.3) is 0 Å². The Morgan fingerprint density at radius 1 is 1.39 bits per heavy atom. The van der Waals surface area contributed by atoms with E-state index in [9.17, 15) is 19.8 Å². The van der Waals surface area contributed by atoms with Gasteiger partial charge in [0.05, 0.1) is 12.2 Å². The van der Waals surface area contributed by atoms with Gasteiger partial charge in [0.15, 0.2) is 0 Å². The lowest BCUT2D eigenvalue weighted by Crippen LogP contribution is -2.43. The second-order valence-corrected chi connectivity index (χ2v) is 3.98. The van der Waals surface area contributed by atoms with Crippen LogP contribution in [0.3, 0.4) is 0 Å². The van der Waals surface area contributed by atoms with Crippen LogP contribution >= 0.6 is 0 Å². The lowest BCUT2D eigenvalue weighted by atomic mass is 10.0. The first kappa shape index (κ1) is 12.8. The summed E-state index contributed by atoms with van der Waals surface area (Å²) in [4.78, 5) is 25.0. The van der Waals surface area contributed by atoms with Gasteiger partial charge >= 0.3 is 5.69 Å². The average Bonchev–Trinajstić information content (AvgIpc) is 2.64. The van der Waals surface area contributed by atoms with E-state index in [1.807, 2.05) is 0 Å². The molecule has 18 heavy (non-hydrogen) atoms. The molecule has 0 aromatic carbocycles. The van der Waals surface area contributed by atoms with Gasteiger partial charge in [0.1, 0.15) is 24.4 Å². The average molecular weight is 259 g/mol. The molecule has 0 spiro atoms. The molecular formula is C9H13N3O6. The lowest BCUT2D eigenvalue weighted by Gasteiger charge is -2.14. The quantitative estimate of drug-likeness (QED) is 0.344. The van der Waals surface area contributed by atoms with Crippen LogP contribution in [0.2, 0.25) is 0 Å². The molecule has 9 heteroatoms. The zero-order valence-corrected chi connectivity index (χ0v) is 9.18. The maximum Gasteiger partial charge on any atom is 0.347 e. The van der Waals surface area contributed by atoms with E-state index in [-0.39, 0.29) is 5.56 Å². The highest BCUT2D eigenvalue weighted by Gasteiger charge is 2.44. The number of nitrogens with one attached hydrogen (secondary N) is 1. The molecule has 0 saturated carbocycles. The van der Waals surface area contributed by atoms with Crippen LogP contribution in [0, 0.1) is 0 Å². The SMILES string of the molecule is Nn1c(=O)[nH]cc([C@@H]2O[C@H](CO)[C@@H](O)[C@H]2O)c1=O. The number of nitrogens with two attached hydrogens (primary N) is 1. The molecule has 1 aliphatic heterocycles. The number of aliphatic hydroxyl groups is 3. The van der Waals surface area contributed by atoms with Gasteiger partial charge in [-0.05, 0) is 0 Å². The van der Waals surface area contributed by atoms with Crippen molar-refractivity contribution in [2.75, 3.05) is 12.4 Å². The lowest BCUT2D eigenvalue weighted by molar-refractivity contribution is -0.0233. The smallest absolute Gasteiger partial charge is 0.347 e. The van der Waals surface area contributed by atoms with Gasteiger partial charge in [0.2, 0.25) is 0 Å². The minimum absolute atomic E-state index is 0.0976. The molecule has 2 rings (SSSR count). The first-order chi connectivity index (χ1) is 8.47. The van der Waals surface area contributed by atoms with Crippen molar-refractivity contribution < 1.29 is 20.1 Å². The fraction of sp³-hybridized carbons (Fsp3) is 0.556. The zero-order chi connectivity index (χ0) is 13.4. The van der Waals surface area contributed by atoms with E-state index in [1.165, 1.54) is 0 Å². The number of H-pyrrole nitrogens is 1. The van der Waals surface area contributed by atoms with Gasteiger partial charge in [-0.15, -0.1) is 0 Å². The van der Waals surface area contributed by atoms with E-state index in [0.29, 0.717) is 4.68 Å². The summed E-state index contributed by atoms with van der Waals surface area (Å²) in [5.74, 6) is 5.21. The van der Waals surface area contributed by atoms with Gasteiger partial charge in [-0.3, -0.25) is 4.79 Å². The van der Waals surface area contributed by atoms with E-state index in [2.05, 4.69) is 4.98 Å². The Morgan fingerprint density at radius 3 is 2.61 bits per heavy atom. The number of ether oxygens (including phenoxy) is 1. The molecule has 0 amide bonds. The van der Waals surface area contributed by atoms with Crippen molar-refractivity contribution in [3.8, 4) is 0 Å². The van der Waals surface area contributed by atoms with Crippen LogP contribution in [0.15, 0.2) is 15.8 Å². The maximum absolute atomic E-state index is 11.7. The fourth-order valence-corrected chi connectivity index (χ4v) is 1.86. The topological polar surface area (TPSA) is 151 Å². The van der Waals surface area contributed by atoms with Crippen molar-refractivity contribution in [3.63, 3.8) is 0 Å². The molecule has 0 radical (unpaired) electrons. The van der Waals surface area contributed by atoms with Gasteiger partial charge in [0, 0.05) is 6.20 Å². The first-order valence-electron chi connectivity index (χ1n) is 5.19. The molecule has 6 N–H and O–H groups in total. The monoisotopic (exact) mass is 259 g/mol. The van der Waals surface area contributed by atoms with Gasteiger partial charge in [0.25, 0.3) is 5.56 Å². The summed E-state index contributed by atoms with van der Waals surface area (Å²) in [6.07, 6.45) is -3.80. The second-order valence-electron chi connectivity index (χ2n) is 3.98. The third-order valence-electron chi connectivity index (χ3n) is 2.88. The van der Waals surface area contributed by atoms with E-state index < -0.39 is 42.3 Å². The molecule has 0 bridgehead atoms. The van der Waals surface area contributed by atoms with Crippen LogP contribution < -0.4 is 17.1 Å². The number of hydrogen-bond donors (Lipinski definition) is 5. The Kier molecular flexibility index (Phi) is 3.22. The molecule has 4 atom stereocenters. The Balaban J connectivity index is 2.42. The predicted molar refractivity (Wildman–Crippen MR) is 58.2 cm³/mol. The van der Waals surface area contributed by atoms with Gasteiger partial charge in [-0.1, -0.05) is 0 Å². The third-order valence-corrected chi connectivity index (χ3v) is 2.88. The molecule has 0 aliphatic carbocycles. The third kappa shape index (κ3) is 1.82. The van der Waals surface area contributed by atoms with Crippen LogP contribution in [0.4, 0.5) is 0 Å². The summed E-state index contributed by atoms with van der Waals surface area (Å²) < 4.78 is 5.49. The molecule has 1 aliphatic rings. The summed E-state index contributed by atoms with van der Waals surface area (Å²) in [6, 6.07) is 0. The van der Waals surface area contributed by atoms with Crippen molar-refractivity contribution in [2.45, 2.75) is 24.4 Å². The second kappa shape index (κ2) is 4.53.